The van der Waals surface area contributed by atoms with Gasteiger partial charge in [0.05, 0.1) is 24.9 Å². The fraction of sp³-hybridized carbons (Fsp3) is 0.316. The van der Waals surface area contributed by atoms with Crippen LogP contribution >= 0.6 is 0 Å². The number of nitro benzene ring substituents is 1. The van der Waals surface area contributed by atoms with Crippen molar-refractivity contribution in [3.05, 3.63) is 58.1 Å². The second-order valence-electron chi connectivity index (χ2n) is 6.20. The average molecular weight is 437 g/mol. The molecular formula is C19H23N3O7S. The summed E-state index contributed by atoms with van der Waals surface area (Å²) in [6, 6.07) is 10.7. The monoisotopic (exact) mass is 437 g/mol. The number of hydrogen-bond acceptors (Lipinski definition) is 7. The molecule has 2 aromatic rings. The van der Waals surface area contributed by atoms with Crippen molar-refractivity contribution in [1.82, 2.24) is 5.32 Å². The Morgan fingerprint density at radius 3 is 2.50 bits per heavy atom. The van der Waals surface area contributed by atoms with Gasteiger partial charge in [-0.1, -0.05) is 18.2 Å². The second kappa shape index (κ2) is 9.92. The van der Waals surface area contributed by atoms with Gasteiger partial charge in [-0.15, -0.1) is 0 Å². The standard InChI is InChI=1S/C19H23N3O7S/c1-4-29-17-8-6-5-7-14(17)12-20-19(23)13-21(30(3,26)27)16-11-15(22(24)25)9-10-18(16)28-2/h5-11H,4,12-13H2,1-3H3,(H,20,23). The van der Waals surface area contributed by atoms with Crippen molar-refractivity contribution in [2.24, 2.45) is 0 Å². The van der Waals surface area contributed by atoms with Crippen molar-refractivity contribution in [2.45, 2.75) is 13.5 Å². The summed E-state index contributed by atoms with van der Waals surface area (Å²) >= 11 is 0. The molecule has 0 aliphatic rings. The number of nitrogens with zero attached hydrogens (tertiary/aromatic N) is 2. The highest BCUT2D eigenvalue weighted by Gasteiger charge is 2.26. The summed E-state index contributed by atoms with van der Waals surface area (Å²) in [5.74, 6) is 0.0985. The number of hydrogen-bond donors (Lipinski definition) is 1. The van der Waals surface area contributed by atoms with Gasteiger partial charge in [-0.3, -0.25) is 19.2 Å². The Morgan fingerprint density at radius 2 is 1.90 bits per heavy atom. The zero-order valence-corrected chi connectivity index (χ0v) is 17.6. The van der Waals surface area contributed by atoms with Gasteiger partial charge >= 0.3 is 0 Å². The first-order chi connectivity index (χ1) is 14.2. The van der Waals surface area contributed by atoms with E-state index in [1.54, 1.807) is 24.3 Å². The van der Waals surface area contributed by atoms with Crippen LogP contribution in [0.5, 0.6) is 11.5 Å². The molecule has 0 fully saturated rings. The van der Waals surface area contributed by atoms with E-state index in [1.165, 1.54) is 19.2 Å². The maximum Gasteiger partial charge on any atom is 0.271 e. The van der Waals surface area contributed by atoms with Crippen molar-refractivity contribution < 1.29 is 27.6 Å². The predicted octanol–water partition coefficient (Wildman–Crippen LogP) is 2.08. The van der Waals surface area contributed by atoms with E-state index in [2.05, 4.69) is 5.32 Å². The number of carbonyl (C=O) groups excluding carboxylic acids is 1. The number of non-ortho nitro benzene ring substituents is 1. The van der Waals surface area contributed by atoms with Gasteiger partial charge in [0.15, 0.2) is 0 Å². The molecule has 0 unspecified atom stereocenters. The number of benzene rings is 2. The summed E-state index contributed by atoms with van der Waals surface area (Å²) in [5.41, 5.74) is 0.302. The van der Waals surface area contributed by atoms with Gasteiger partial charge in [-0.2, -0.15) is 0 Å². The third-order valence-corrected chi connectivity index (χ3v) is 5.20. The van der Waals surface area contributed by atoms with E-state index >= 15 is 0 Å². The summed E-state index contributed by atoms with van der Waals surface area (Å²) in [6.07, 6.45) is 0.906. The van der Waals surface area contributed by atoms with Crippen LogP contribution in [0.1, 0.15) is 12.5 Å². The first kappa shape index (κ1) is 22.9. The first-order valence-corrected chi connectivity index (χ1v) is 10.8. The normalized spacial score (nSPS) is 10.9. The third-order valence-electron chi connectivity index (χ3n) is 4.08. The lowest BCUT2D eigenvalue weighted by atomic mass is 10.2. The topological polar surface area (TPSA) is 128 Å². The Labute approximate surface area is 174 Å². The fourth-order valence-corrected chi connectivity index (χ4v) is 3.55. The van der Waals surface area contributed by atoms with Crippen LogP contribution in [-0.4, -0.2) is 45.8 Å². The Kier molecular flexibility index (Phi) is 7.59. The molecule has 162 valence electrons. The Balaban J connectivity index is 2.25. The highest BCUT2D eigenvalue weighted by molar-refractivity contribution is 7.92. The smallest absolute Gasteiger partial charge is 0.271 e. The molecule has 0 saturated heterocycles. The SMILES string of the molecule is CCOc1ccccc1CNC(=O)CN(c1cc([N+](=O)[O-])ccc1OC)S(C)(=O)=O. The number of carbonyl (C=O) groups is 1. The minimum atomic E-state index is -3.94. The molecule has 1 amide bonds. The molecule has 2 aromatic carbocycles. The predicted molar refractivity (Wildman–Crippen MR) is 111 cm³/mol. The van der Waals surface area contributed by atoms with Crippen molar-refractivity contribution in [1.29, 1.82) is 0 Å². The third kappa shape index (κ3) is 5.83. The van der Waals surface area contributed by atoms with E-state index in [-0.39, 0.29) is 23.7 Å². The van der Waals surface area contributed by atoms with Gasteiger partial charge in [0.25, 0.3) is 5.69 Å². The van der Waals surface area contributed by atoms with Crippen molar-refractivity contribution in [3.63, 3.8) is 0 Å². The number of para-hydroxylation sites is 1. The Morgan fingerprint density at radius 1 is 1.20 bits per heavy atom. The van der Waals surface area contributed by atoms with Crippen molar-refractivity contribution in [3.8, 4) is 11.5 Å². The molecule has 0 aromatic heterocycles. The average Bonchev–Trinajstić information content (AvgIpc) is 2.70. The molecular weight excluding hydrogens is 414 g/mol. The summed E-state index contributed by atoms with van der Waals surface area (Å²) in [7, 11) is -2.64. The molecule has 11 heteroatoms. The number of ether oxygens (including phenoxy) is 2. The maximum absolute atomic E-state index is 12.5. The number of anilines is 1. The number of nitro groups is 1. The van der Waals surface area contributed by atoms with Gasteiger partial charge in [0, 0.05) is 24.2 Å². The lowest BCUT2D eigenvalue weighted by Crippen LogP contribution is -2.40. The molecule has 10 nitrogen and oxygen atoms in total. The summed E-state index contributed by atoms with van der Waals surface area (Å²) < 4.78 is 36.1. The van der Waals surface area contributed by atoms with E-state index in [0.29, 0.717) is 12.4 Å². The molecule has 1 N–H and O–H groups in total. The van der Waals surface area contributed by atoms with Gasteiger partial charge in [0.2, 0.25) is 15.9 Å². The van der Waals surface area contributed by atoms with Crippen molar-refractivity contribution in [2.75, 3.05) is 30.8 Å². The minimum Gasteiger partial charge on any atom is -0.495 e. The Bertz CT molecular complexity index is 1020. The van der Waals surface area contributed by atoms with Crippen molar-refractivity contribution >= 4 is 27.3 Å². The van der Waals surface area contributed by atoms with Crippen LogP contribution in [0.3, 0.4) is 0 Å². The molecule has 0 saturated carbocycles. The molecule has 2 rings (SSSR count). The van der Waals surface area contributed by atoms with E-state index in [4.69, 9.17) is 9.47 Å². The number of methoxy groups -OCH3 is 1. The van der Waals surface area contributed by atoms with Gasteiger partial charge in [-0.05, 0) is 19.1 Å². The highest BCUT2D eigenvalue weighted by atomic mass is 32.2. The van der Waals surface area contributed by atoms with Crippen LogP contribution < -0.4 is 19.1 Å². The van der Waals surface area contributed by atoms with Crippen LogP contribution in [0, 0.1) is 10.1 Å². The minimum absolute atomic E-state index is 0.0838. The lowest BCUT2D eigenvalue weighted by Gasteiger charge is -2.23. The zero-order chi connectivity index (χ0) is 22.3. The molecule has 0 bridgehead atoms. The van der Waals surface area contributed by atoms with E-state index in [0.717, 1.165) is 22.2 Å². The lowest BCUT2D eigenvalue weighted by molar-refractivity contribution is -0.384. The van der Waals surface area contributed by atoms with Gasteiger partial charge < -0.3 is 14.8 Å². The zero-order valence-electron chi connectivity index (χ0n) is 16.8. The summed E-state index contributed by atoms with van der Waals surface area (Å²) in [6.45, 7) is 1.84. The molecule has 30 heavy (non-hydrogen) atoms. The van der Waals surface area contributed by atoms with Gasteiger partial charge in [0.1, 0.15) is 23.7 Å². The highest BCUT2D eigenvalue weighted by Crippen LogP contribution is 2.33. The van der Waals surface area contributed by atoms with Crippen LogP contribution in [-0.2, 0) is 21.4 Å². The maximum atomic E-state index is 12.5. The molecule has 0 aliphatic heterocycles. The summed E-state index contributed by atoms with van der Waals surface area (Å²) in [5, 5.41) is 13.7. The van der Waals surface area contributed by atoms with E-state index in [1.807, 2.05) is 6.92 Å². The van der Waals surface area contributed by atoms with Crippen LogP contribution in [0.15, 0.2) is 42.5 Å². The van der Waals surface area contributed by atoms with Crippen LogP contribution in [0.25, 0.3) is 0 Å². The van der Waals surface area contributed by atoms with E-state index < -0.39 is 27.4 Å². The molecule has 0 atom stereocenters. The number of sulfonamides is 1. The fourth-order valence-electron chi connectivity index (χ4n) is 2.69. The number of rotatable bonds is 10. The quantitative estimate of drug-likeness (QED) is 0.445. The Hall–Kier alpha value is -3.34. The largest absolute Gasteiger partial charge is 0.495 e. The van der Waals surface area contributed by atoms with Crippen LogP contribution in [0.2, 0.25) is 0 Å². The number of nitrogens with one attached hydrogen (secondary N) is 1. The molecule has 0 spiro atoms. The van der Waals surface area contributed by atoms with E-state index in [9.17, 15) is 23.3 Å². The molecule has 0 heterocycles. The molecule has 0 aliphatic carbocycles. The second-order valence-corrected chi connectivity index (χ2v) is 8.11. The number of amides is 1. The van der Waals surface area contributed by atoms with Crippen LogP contribution in [0.4, 0.5) is 11.4 Å². The van der Waals surface area contributed by atoms with Gasteiger partial charge in [-0.25, -0.2) is 8.42 Å². The molecule has 0 radical (unpaired) electrons. The first-order valence-electron chi connectivity index (χ1n) is 8.95. The summed E-state index contributed by atoms with van der Waals surface area (Å²) in [4.78, 5) is 22.9.